The van der Waals surface area contributed by atoms with E-state index < -0.39 is 15.8 Å². The molecular weight excluding hydrogens is 331 g/mol. The summed E-state index contributed by atoms with van der Waals surface area (Å²) >= 11 is 5.65. The fourth-order valence-corrected chi connectivity index (χ4v) is 3.89. The van der Waals surface area contributed by atoms with Crippen molar-refractivity contribution in [1.82, 2.24) is 4.72 Å². The Bertz CT molecular complexity index is 631. The SMILES string of the molecule is CC(C)(CNS(=O)(=O)c1ccc(Cl)cc1F)[NH+]1CCOCC1. The van der Waals surface area contributed by atoms with Gasteiger partial charge in [0.25, 0.3) is 0 Å². The molecule has 0 saturated carbocycles. The fraction of sp³-hybridized carbons (Fsp3) is 0.571. The second-order valence-electron chi connectivity index (χ2n) is 6.00. The van der Waals surface area contributed by atoms with Crippen molar-refractivity contribution in [2.24, 2.45) is 0 Å². The molecule has 1 aliphatic heterocycles. The number of ether oxygens (including phenoxy) is 1. The van der Waals surface area contributed by atoms with E-state index in [1.54, 1.807) is 0 Å². The number of quaternary nitrogens is 1. The Hall–Kier alpha value is -0.730. The maximum absolute atomic E-state index is 13.8. The topological polar surface area (TPSA) is 59.8 Å². The van der Waals surface area contributed by atoms with E-state index in [0.717, 1.165) is 19.2 Å². The van der Waals surface area contributed by atoms with E-state index in [1.807, 2.05) is 13.8 Å². The lowest BCUT2D eigenvalue weighted by Crippen LogP contribution is -3.22. The smallest absolute Gasteiger partial charge is 0.243 e. The monoisotopic (exact) mass is 351 g/mol. The van der Waals surface area contributed by atoms with Crippen molar-refractivity contribution < 1.29 is 22.4 Å². The molecule has 5 nitrogen and oxygen atoms in total. The van der Waals surface area contributed by atoms with Gasteiger partial charge in [0.05, 0.1) is 19.8 Å². The lowest BCUT2D eigenvalue weighted by Gasteiger charge is -2.37. The van der Waals surface area contributed by atoms with Gasteiger partial charge in [-0.1, -0.05) is 11.6 Å². The van der Waals surface area contributed by atoms with Gasteiger partial charge in [-0.3, -0.25) is 0 Å². The third-order valence-corrected chi connectivity index (χ3v) is 5.61. The van der Waals surface area contributed by atoms with Crippen LogP contribution in [0.1, 0.15) is 13.8 Å². The van der Waals surface area contributed by atoms with E-state index in [2.05, 4.69) is 4.72 Å². The summed E-state index contributed by atoms with van der Waals surface area (Å²) in [7, 11) is -3.91. The summed E-state index contributed by atoms with van der Waals surface area (Å²) in [6.45, 7) is 7.15. The van der Waals surface area contributed by atoms with Gasteiger partial charge >= 0.3 is 0 Å². The van der Waals surface area contributed by atoms with Gasteiger partial charge in [-0.25, -0.2) is 17.5 Å². The molecule has 0 spiro atoms. The van der Waals surface area contributed by atoms with Crippen LogP contribution >= 0.6 is 11.6 Å². The minimum Gasteiger partial charge on any atom is -0.370 e. The largest absolute Gasteiger partial charge is 0.370 e. The molecule has 2 N–H and O–H groups in total. The van der Waals surface area contributed by atoms with E-state index in [4.69, 9.17) is 16.3 Å². The quantitative estimate of drug-likeness (QED) is 0.810. The van der Waals surface area contributed by atoms with E-state index >= 15 is 0 Å². The number of benzene rings is 1. The Kier molecular flexibility index (Phi) is 5.45. The zero-order valence-electron chi connectivity index (χ0n) is 12.7. The highest BCUT2D eigenvalue weighted by Gasteiger charge is 2.34. The molecule has 0 bridgehead atoms. The number of sulfonamides is 1. The predicted octanol–water partition coefficient (Wildman–Crippen LogP) is 0.451. The second kappa shape index (κ2) is 6.80. The Morgan fingerprint density at radius 1 is 1.36 bits per heavy atom. The first kappa shape index (κ1) is 17.6. The molecule has 1 aliphatic rings. The van der Waals surface area contributed by atoms with Gasteiger partial charge in [0.15, 0.2) is 0 Å². The molecule has 22 heavy (non-hydrogen) atoms. The number of rotatable bonds is 5. The summed E-state index contributed by atoms with van der Waals surface area (Å²) in [6, 6.07) is 3.53. The molecule has 1 aromatic carbocycles. The zero-order valence-corrected chi connectivity index (χ0v) is 14.2. The summed E-state index contributed by atoms with van der Waals surface area (Å²) in [5, 5.41) is 0.162. The van der Waals surface area contributed by atoms with Crippen LogP contribution in [0.15, 0.2) is 23.1 Å². The van der Waals surface area contributed by atoms with Crippen molar-refractivity contribution in [3.05, 3.63) is 29.0 Å². The van der Waals surface area contributed by atoms with E-state index in [-0.39, 0.29) is 22.0 Å². The number of morpholine rings is 1. The molecule has 0 atom stereocenters. The predicted molar refractivity (Wildman–Crippen MR) is 82.2 cm³/mol. The second-order valence-corrected chi connectivity index (χ2v) is 8.17. The van der Waals surface area contributed by atoms with Crippen LogP contribution in [0.3, 0.4) is 0 Å². The van der Waals surface area contributed by atoms with Crippen LogP contribution in [0.25, 0.3) is 0 Å². The van der Waals surface area contributed by atoms with Crippen molar-refractivity contribution in [1.29, 1.82) is 0 Å². The van der Waals surface area contributed by atoms with Crippen molar-refractivity contribution >= 4 is 21.6 Å². The Labute approximate surface area is 135 Å². The highest BCUT2D eigenvalue weighted by atomic mass is 35.5. The average molecular weight is 352 g/mol. The molecule has 0 aromatic heterocycles. The van der Waals surface area contributed by atoms with Crippen LogP contribution in [0.5, 0.6) is 0 Å². The third kappa shape index (κ3) is 4.17. The fourth-order valence-electron chi connectivity index (χ4n) is 2.47. The first-order valence-electron chi connectivity index (χ1n) is 7.10. The molecular formula is C14H21ClFN2O3S+. The summed E-state index contributed by atoms with van der Waals surface area (Å²) in [5.74, 6) is -0.850. The van der Waals surface area contributed by atoms with Gasteiger partial charge in [0, 0.05) is 5.02 Å². The van der Waals surface area contributed by atoms with Crippen molar-refractivity contribution in [3.63, 3.8) is 0 Å². The zero-order chi connectivity index (χ0) is 16.4. The highest BCUT2D eigenvalue weighted by molar-refractivity contribution is 7.89. The van der Waals surface area contributed by atoms with Gasteiger partial charge < -0.3 is 9.64 Å². The van der Waals surface area contributed by atoms with E-state index in [1.165, 1.54) is 17.0 Å². The van der Waals surface area contributed by atoms with Crippen LogP contribution in [0.2, 0.25) is 5.02 Å². The standard InChI is InChI=1S/C14H20ClFN2O3S/c1-14(2,18-5-7-21-8-6-18)10-17-22(19,20)13-4-3-11(15)9-12(13)16/h3-4,9,17H,5-8,10H2,1-2H3/p+1. The Morgan fingerprint density at radius 3 is 2.59 bits per heavy atom. The van der Waals surface area contributed by atoms with Gasteiger partial charge in [0.1, 0.15) is 29.3 Å². The van der Waals surface area contributed by atoms with Gasteiger partial charge in [-0.05, 0) is 32.0 Å². The summed E-state index contributed by atoms with van der Waals surface area (Å²) in [4.78, 5) is 0.878. The van der Waals surface area contributed by atoms with Gasteiger partial charge in [-0.2, -0.15) is 0 Å². The number of nitrogens with one attached hydrogen (secondary N) is 2. The van der Waals surface area contributed by atoms with Crippen LogP contribution in [-0.4, -0.2) is 46.8 Å². The highest BCUT2D eigenvalue weighted by Crippen LogP contribution is 2.18. The molecule has 2 rings (SSSR count). The lowest BCUT2D eigenvalue weighted by atomic mass is 10.0. The summed E-state index contributed by atoms with van der Waals surface area (Å²) in [6.07, 6.45) is 0. The molecule has 0 aliphatic carbocycles. The average Bonchev–Trinajstić information content (AvgIpc) is 2.46. The molecule has 0 amide bonds. The number of halogens is 2. The van der Waals surface area contributed by atoms with Gasteiger partial charge in [0.2, 0.25) is 10.0 Å². The maximum atomic E-state index is 13.8. The molecule has 1 heterocycles. The first-order chi connectivity index (χ1) is 10.2. The van der Waals surface area contributed by atoms with Crippen LogP contribution < -0.4 is 9.62 Å². The van der Waals surface area contributed by atoms with E-state index in [0.29, 0.717) is 13.2 Å². The van der Waals surface area contributed by atoms with Crippen molar-refractivity contribution in [3.8, 4) is 0 Å². The summed E-state index contributed by atoms with van der Waals surface area (Å²) < 4.78 is 46.1. The number of hydrogen-bond acceptors (Lipinski definition) is 3. The van der Waals surface area contributed by atoms with Crippen LogP contribution in [0, 0.1) is 5.82 Å². The van der Waals surface area contributed by atoms with Crippen molar-refractivity contribution in [2.45, 2.75) is 24.3 Å². The van der Waals surface area contributed by atoms with E-state index in [9.17, 15) is 12.8 Å². The molecule has 1 aromatic rings. The lowest BCUT2D eigenvalue weighted by molar-refractivity contribution is -0.954. The normalized spacial score (nSPS) is 17.6. The molecule has 0 unspecified atom stereocenters. The maximum Gasteiger partial charge on any atom is 0.243 e. The minimum absolute atomic E-state index is 0.162. The van der Waals surface area contributed by atoms with Crippen molar-refractivity contribution in [2.75, 3.05) is 32.8 Å². The third-order valence-electron chi connectivity index (χ3n) is 3.94. The molecule has 1 saturated heterocycles. The summed E-state index contributed by atoms with van der Waals surface area (Å²) in [5.41, 5.74) is -0.306. The minimum atomic E-state index is -3.91. The first-order valence-corrected chi connectivity index (χ1v) is 8.96. The molecule has 1 fully saturated rings. The Balaban J connectivity index is 2.08. The molecule has 124 valence electrons. The Morgan fingerprint density at radius 2 is 2.00 bits per heavy atom. The van der Waals surface area contributed by atoms with Crippen LogP contribution in [0.4, 0.5) is 4.39 Å². The number of hydrogen-bond donors (Lipinski definition) is 2. The molecule has 8 heteroatoms. The van der Waals surface area contributed by atoms with Gasteiger partial charge in [-0.15, -0.1) is 0 Å². The molecule has 0 radical (unpaired) electrons. The van der Waals surface area contributed by atoms with Crippen LogP contribution in [-0.2, 0) is 14.8 Å².